The first-order valence-electron chi connectivity index (χ1n) is 13.1. The highest BCUT2D eigenvalue weighted by molar-refractivity contribution is 6.06. The van der Waals surface area contributed by atoms with Crippen LogP contribution in [0.1, 0.15) is 44.1 Å². The fourth-order valence-corrected chi connectivity index (χ4v) is 5.45. The Kier molecular flexibility index (Phi) is 6.13. The number of morpholine rings is 1. The van der Waals surface area contributed by atoms with Crippen LogP contribution >= 0.6 is 0 Å². The second kappa shape index (κ2) is 9.33. The van der Waals surface area contributed by atoms with Crippen LogP contribution in [0.25, 0.3) is 33.1 Å². The molecule has 0 spiro atoms. The Bertz CT molecular complexity index is 1620. The number of fused-ring (bicyclic) bond motifs is 4. The van der Waals surface area contributed by atoms with Gasteiger partial charge in [-0.15, -0.1) is 0 Å². The molecule has 6 rings (SSSR count). The molecule has 0 saturated carbocycles. The maximum Gasteiger partial charge on any atom is 0.419 e. The molecule has 4 aromatic rings. The maximum absolute atomic E-state index is 13.6. The fraction of sp³-hybridized carbons (Fsp3) is 0.429. The van der Waals surface area contributed by atoms with Gasteiger partial charge in [-0.3, -0.25) is 19.0 Å². The van der Waals surface area contributed by atoms with Crippen LogP contribution in [-0.4, -0.2) is 73.3 Å². The Hall–Kier alpha value is -3.93. The number of hydrogen-bond donors (Lipinski definition) is 0. The molecule has 40 heavy (non-hydrogen) atoms. The summed E-state index contributed by atoms with van der Waals surface area (Å²) in [6, 6.07) is 8.37. The Labute approximate surface area is 227 Å². The molecule has 12 heteroatoms. The van der Waals surface area contributed by atoms with Gasteiger partial charge in [0, 0.05) is 41.8 Å². The minimum absolute atomic E-state index is 0.0314. The van der Waals surface area contributed by atoms with E-state index < -0.39 is 24.4 Å². The molecular weight excluding hydrogens is 527 g/mol. The predicted octanol–water partition coefficient (Wildman–Crippen LogP) is 5.40. The standard InChI is InChI=1S/C28H28F3N5O4/c1-27(2,3)40-26(38)35-14-20(18-6-4-5-7-22(18)35)24-19-11-32-21(10-23(19)36(33-24)15-28(29,30)31)25(37)34-12-16-8-9-17(13-34)39-16/h4-7,10-11,14,16-17H,8-9,12-13,15H2,1-3H3. The molecular formula is C28H28F3N5O4. The summed E-state index contributed by atoms with van der Waals surface area (Å²) in [6.07, 6.45) is -0.601. The molecule has 1 aromatic carbocycles. The van der Waals surface area contributed by atoms with E-state index in [2.05, 4.69) is 10.1 Å². The van der Waals surface area contributed by atoms with Crippen LogP contribution in [0.2, 0.25) is 0 Å². The summed E-state index contributed by atoms with van der Waals surface area (Å²) in [5.74, 6) is -0.357. The van der Waals surface area contributed by atoms with Crippen LogP contribution in [0.4, 0.5) is 18.0 Å². The molecule has 2 bridgehead atoms. The molecule has 2 saturated heterocycles. The molecule has 3 aromatic heterocycles. The van der Waals surface area contributed by atoms with Gasteiger partial charge in [-0.2, -0.15) is 18.3 Å². The average molecular weight is 556 g/mol. The van der Waals surface area contributed by atoms with Gasteiger partial charge >= 0.3 is 12.3 Å². The van der Waals surface area contributed by atoms with Crippen molar-refractivity contribution >= 4 is 33.8 Å². The second-order valence-electron chi connectivity index (χ2n) is 11.3. The van der Waals surface area contributed by atoms with Gasteiger partial charge in [0.2, 0.25) is 0 Å². The zero-order chi connectivity index (χ0) is 28.4. The van der Waals surface area contributed by atoms with Crippen molar-refractivity contribution in [2.24, 2.45) is 0 Å². The summed E-state index contributed by atoms with van der Waals surface area (Å²) in [5, 5.41) is 5.27. The van der Waals surface area contributed by atoms with E-state index in [4.69, 9.17) is 9.47 Å². The molecule has 2 aliphatic rings. The second-order valence-corrected chi connectivity index (χ2v) is 11.3. The number of nitrogens with zero attached hydrogens (tertiary/aromatic N) is 5. The quantitative estimate of drug-likeness (QED) is 0.336. The summed E-state index contributed by atoms with van der Waals surface area (Å²) in [6.45, 7) is 4.73. The topological polar surface area (TPSA) is 91.5 Å². The van der Waals surface area contributed by atoms with Gasteiger partial charge in [0.1, 0.15) is 23.5 Å². The van der Waals surface area contributed by atoms with Crippen molar-refractivity contribution in [2.75, 3.05) is 13.1 Å². The van der Waals surface area contributed by atoms with Crippen LogP contribution in [-0.2, 0) is 16.0 Å². The van der Waals surface area contributed by atoms with Crippen molar-refractivity contribution in [3.63, 3.8) is 0 Å². The lowest BCUT2D eigenvalue weighted by molar-refractivity contribution is -0.141. The molecule has 9 nitrogen and oxygen atoms in total. The number of ether oxygens (including phenoxy) is 2. The van der Waals surface area contributed by atoms with Crippen molar-refractivity contribution in [1.29, 1.82) is 0 Å². The van der Waals surface area contributed by atoms with Crippen molar-refractivity contribution in [1.82, 2.24) is 24.2 Å². The zero-order valence-electron chi connectivity index (χ0n) is 22.2. The zero-order valence-corrected chi connectivity index (χ0v) is 22.2. The van der Waals surface area contributed by atoms with E-state index in [1.807, 2.05) is 0 Å². The molecule has 5 heterocycles. The van der Waals surface area contributed by atoms with E-state index in [1.165, 1.54) is 23.0 Å². The van der Waals surface area contributed by atoms with Crippen molar-refractivity contribution in [3.05, 3.63) is 48.4 Å². The molecule has 0 radical (unpaired) electrons. The Morgan fingerprint density at radius 1 is 1.05 bits per heavy atom. The molecule has 1 amide bonds. The van der Waals surface area contributed by atoms with Gasteiger partial charge in [-0.05, 0) is 45.7 Å². The summed E-state index contributed by atoms with van der Waals surface area (Å²) in [4.78, 5) is 32.3. The van der Waals surface area contributed by atoms with Gasteiger partial charge in [0.25, 0.3) is 5.91 Å². The Balaban J connectivity index is 1.46. The summed E-state index contributed by atoms with van der Waals surface area (Å²) >= 11 is 0. The number of alkyl halides is 3. The van der Waals surface area contributed by atoms with Crippen LogP contribution in [0, 0.1) is 0 Å². The number of halogens is 3. The van der Waals surface area contributed by atoms with Crippen molar-refractivity contribution in [3.8, 4) is 11.3 Å². The Morgan fingerprint density at radius 3 is 2.42 bits per heavy atom. The minimum atomic E-state index is -4.56. The van der Waals surface area contributed by atoms with Crippen molar-refractivity contribution < 1.29 is 32.2 Å². The third kappa shape index (κ3) is 4.91. The predicted molar refractivity (Wildman–Crippen MR) is 140 cm³/mol. The van der Waals surface area contributed by atoms with Crippen LogP contribution in [0.3, 0.4) is 0 Å². The third-order valence-corrected chi connectivity index (χ3v) is 7.07. The number of para-hydroxylation sites is 1. The van der Waals surface area contributed by atoms with Gasteiger partial charge < -0.3 is 14.4 Å². The van der Waals surface area contributed by atoms with E-state index in [1.54, 1.807) is 49.9 Å². The van der Waals surface area contributed by atoms with E-state index >= 15 is 0 Å². The summed E-state index contributed by atoms with van der Waals surface area (Å²) in [7, 11) is 0. The van der Waals surface area contributed by atoms with E-state index in [-0.39, 0.29) is 35.0 Å². The maximum atomic E-state index is 13.6. The normalized spacial score (nSPS) is 19.5. The SMILES string of the molecule is CC(C)(C)OC(=O)n1cc(-c2nn(CC(F)(F)F)c3cc(C(=O)N4CC5CCC(C4)O5)ncc23)c2ccccc21. The lowest BCUT2D eigenvalue weighted by Crippen LogP contribution is -2.46. The van der Waals surface area contributed by atoms with Crippen LogP contribution in [0.5, 0.6) is 0 Å². The number of hydrogen-bond acceptors (Lipinski definition) is 6. The number of aromatic nitrogens is 4. The highest BCUT2D eigenvalue weighted by Gasteiger charge is 2.37. The molecule has 0 N–H and O–H groups in total. The van der Waals surface area contributed by atoms with E-state index in [0.29, 0.717) is 34.9 Å². The minimum Gasteiger partial charge on any atom is -0.443 e. The largest absolute Gasteiger partial charge is 0.443 e. The molecule has 2 atom stereocenters. The van der Waals surface area contributed by atoms with E-state index in [9.17, 15) is 22.8 Å². The Morgan fingerprint density at radius 2 is 1.75 bits per heavy atom. The summed E-state index contributed by atoms with van der Waals surface area (Å²) in [5.41, 5.74) is 0.589. The van der Waals surface area contributed by atoms with Gasteiger partial charge in [0.15, 0.2) is 0 Å². The number of pyridine rings is 1. The lowest BCUT2D eigenvalue weighted by Gasteiger charge is -2.31. The molecule has 0 aliphatic carbocycles. The van der Waals surface area contributed by atoms with Crippen LogP contribution in [0.15, 0.2) is 42.7 Å². The molecule has 2 aliphatic heterocycles. The third-order valence-electron chi connectivity index (χ3n) is 7.07. The first-order chi connectivity index (χ1) is 18.9. The highest BCUT2D eigenvalue weighted by atomic mass is 19.4. The highest BCUT2D eigenvalue weighted by Crippen LogP contribution is 2.36. The van der Waals surface area contributed by atoms with Gasteiger partial charge in [-0.25, -0.2) is 4.79 Å². The van der Waals surface area contributed by atoms with Crippen molar-refractivity contribution in [2.45, 2.75) is 64.1 Å². The lowest BCUT2D eigenvalue weighted by atomic mass is 10.1. The number of likely N-dealkylation sites (tertiary alicyclic amines) is 1. The molecule has 2 unspecified atom stereocenters. The number of benzene rings is 1. The number of carbonyl (C=O) groups excluding carboxylic acids is 2. The average Bonchev–Trinajstić information content (AvgIpc) is 3.54. The first kappa shape index (κ1) is 26.3. The van der Waals surface area contributed by atoms with Crippen LogP contribution < -0.4 is 0 Å². The monoisotopic (exact) mass is 555 g/mol. The summed E-state index contributed by atoms with van der Waals surface area (Å²) < 4.78 is 54.3. The molecule has 210 valence electrons. The number of rotatable bonds is 3. The van der Waals surface area contributed by atoms with E-state index in [0.717, 1.165) is 17.5 Å². The number of amides is 1. The number of carbonyl (C=O) groups is 2. The first-order valence-corrected chi connectivity index (χ1v) is 13.1. The fourth-order valence-electron chi connectivity index (χ4n) is 5.45. The smallest absolute Gasteiger partial charge is 0.419 e. The van der Waals surface area contributed by atoms with Gasteiger partial charge in [-0.1, -0.05) is 18.2 Å². The molecule has 2 fully saturated rings. The van der Waals surface area contributed by atoms with Gasteiger partial charge in [0.05, 0.1) is 23.2 Å².